The third kappa shape index (κ3) is 5.44. The van der Waals surface area contributed by atoms with Gasteiger partial charge in [-0.05, 0) is 57.8 Å². The zero-order valence-corrected chi connectivity index (χ0v) is 15.0. The van der Waals surface area contributed by atoms with Crippen molar-refractivity contribution in [2.75, 3.05) is 13.2 Å². The standard InChI is InChI=1S/C18H31N3O4/c1-12-5-4-6-13-14(18(13,20)9-8-12)11-25-17(24)21-10-3-2-7-15(19)16(22)23/h5,13-15H,2-4,6-11,19-20H2,1H3,(H,21,24)(H,22,23)/b12-5-/t13-,14+,15-,18+/m0/s1. The largest absolute Gasteiger partial charge is 0.480 e. The lowest BCUT2D eigenvalue weighted by atomic mass is 9.97. The summed E-state index contributed by atoms with van der Waals surface area (Å²) in [6.07, 6.45) is 7.68. The van der Waals surface area contributed by atoms with Gasteiger partial charge >= 0.3 is 12.1 Å². The summed E-state index contributed by atoms with van der Waals surface area (Å²) in [6.45, 7) is 2.97. The van der Waals surface area contributed by atoms with Gasteiger partial charge in [0.05, 0.1) is 6.61 Å². The second-order valence-electron chi connectivity index (χ2n) is 7.42. The lowest BCUT2D eigenvalue weighted by molar-refractivity contribution is -0.138. The number of amides is 1. The van der Waals surface area contributed by atoms with Gasteiger partial charge in [-0.3, -0.25) is 4.79 Å². The molecule has 0 saturated heterocycles. The highest BCUT2D eigenvalue weighted by Gasteiger charge is 2.61. The fourth-order valence-electron chi connectivity index (χ4n) is 3.79. The van der Waals surface area contributed by atoms with Gasteiger partial charge in [0.25, 0.3) is 0 Å². The molecule has 0 unspecified atom stereocenters. The van der Waals surface area contributed by atoms with Gasteiger partial charge < -0.3 is 26.6 Å². The average molecular weight is 353 g/mol. The van der Waals surface area contributed by atoms with E-state index in [1.807, 2.05) is 0 Å². The number of unbranched alkanes of at least 4 members (excludes halogenated alkanes) is 1. The van der Waals surface area contributed by atoms with Crippen LogP contribution in [0.5, 0.6) is 0 Å². The predicted octanol–water partition coefficient (Wildman–Crippen LogP) is 1.76. The molecule has 142 valence electrons. The first-order valence-electron chi connectivity index (χ1n) is 9.18. The summed E-state index contributed by atoms with van der Waals surface area (Å²) in [5, 5.41) is 11.4. The van der Waals surface area contributed by atoms with E-state index in [4.69, 9.17) is 21.3 Å². The van der Waals surface area contributed by atoms with Crippen molar-refractivity contribution >= 4 is 12.1 Å². The minimum Gasteiger partial charge on any atom is -0.480 e. The number of carboxylic acids is 1. The highest BCUT2D eigenvalue weighted by atomic mass is 16.5. The van der Waals surface area contributed by atoms with Gasteiger partial charge in [0.2, 0.25) is 0 Å². The van der Waals surface area contributed by atoms with E-state index in [0.717, 1.165) is 25.7 Å². The molecule has 0 aliphatic heterocycles. The molecule has 0 aromatic carbocycles. The van der Waals surface area contributed by atoms with Crippen LogP contribution in [0.1, 0.15) is 51.9 Å². The molecule has 0 radical (unpaired) electrons. The summed E-state index contributed by atoms with van der Waals surface area (Å²) < 4.78 is 5.33. The lowest BCUT2D eigenvalue weighted by Gasteiger charge is -2.15. The predicted molar refractivity (Wildman–Crippen MR) is 94.9 cm³/mol. The number of alkyl carbamates (subject to hydrolysis) is 1. The van der Waals surface area contributed by atoms with Crippen molar-refractivity contribution in [1.82, 2.24) is 5.32 Å². The van der Waals surface area contributed by atoms with Gasteiger partial charge in [-0.1, -0.05) is 11.6 Å². The molecule has 4 atom stereocenters. The van der Waals surface area contributed by atoms with Gasteiger partial charge in [0.15, 0.2) is 0 Å². The van der Waals surface area contributed by atoms with Crippen LogP contribution in [0.15, 0.2) is 11.6 Å². The van der Waals surface area contributed by atoms with Crippen molar-refractivity contribution in [3.8, 4) is 0 Å². The molecule has 7 nitrogen and oxygen atoms in total. The van der Waals surface area contributed by atoms with Crippen molar-refractivity contribution in [3.05, 3.63) is 11.6 Å². The Balaban J connectivity index is 1.59. The third-order valence-electron chi connectivity index (χ3n) is 5.60. The number of carbonyl (C=O) groups excluding carboxylic acids is 1. The Bertz CT molecular complexity index is 522. The number of ether oxygens (including phenoxy) is 1. The maximum atomic E-state index is 11.8. The Morgan fingerprint density at radius 2 is 2.24 bits per heavy atom. The molecule has 1 amide bonds. The first-order valence-corrected chi connectivity index (χ1v) is 9.18. The summed E-state index contributed by atoms with van der Waals surface area (Å²) in [7, 11) is 0. The molecule has 0 heterocycles. The fraction of sp³-hybridized carbons (Fsp3) is 0.778. The Morgan fingerprint density at radius 3 is 2.96 bits per heavy atom. The number of hydrogen-bond acceptors (Lipinski definition) is 5. The van der Waals surface area contributed by atoms with E-state index < -0.39 is 18.1 Å². The molecule has 0 aromatic rings. The van der Waals surface area contributed by atoms with Crippen LogP contribution in [0.25, 0.3) is 0 Å². The van der Waals surface area contributed by atoms with Crippen LogP contribution in [0.4, 0.5) is 4.79 Å². The van der Waals surface area contributed by atoms with E-state index in [1.54, 1.807) is 0 Å². The minimum absolute atomic E-state index is 0.178. The van der Waals surface area contributed by atoms with Crippen molar-refractivity contribution in [2.45, 2.75) is 63.5 Å². The topological polar surface area (TPSA) is 128 Å². The number of nitrogens with one attached hydrogen (secondary N) is 1. The summed E-state index contributed by atoms with van der Waals surface area (Å²) >= 11 is 0. The highest BCUT2D eigenvalue weighted by molar-refractivity contribution is 5.72. The summed E-state index contributed by atoms with van der Waals surface area (Å²) in [4.78, 5) is 22.4. The molecule has 6 N–H and O–H groups in total. The smallest absolute Gasteiger partial charge is 0.407 e. The van der Waals surface area contributed by atoms with Crippen LogP contribution in [-0.4, -0.2) is 41.9 Å². The molecule has 0 aromatic heterocycles. The van der Waals surface area contributed by atoms with Gasteiger partial charge in [-0.2, -0.15) is 0 Å². The van der Waals surface area contributed by atoms with Gasteiger partial charge in [0, 0.05) is 18.0 Å². The second-order valence-corrected chi connectivity index (χ2v) is 7.42. The molecular formula is C18H31N3O4. The van der Waals surface area contributed by atoms with Gasteiger partial charge in [-0.15, -0.1) is 0 Å². The van der Waals surface area contributed by atoms with E-state index in [9.17, 15) is 9.59 Å². The van der Waals surface area contributed by atoms with E-state index in [1.165, 1.54) is 5.57 Å². The Kier molecular flexibility index (Phi) is 6.84. The van der Waals surface area contributed by atoms with Crippen LogP contribution in [-0.2, 0) is 9.53 Å². The van der Waals surface area contributed by atoms with Crippen LogP contribution in [0, 0.1) is 11.8 Å². The number of aliphatic carboxylic acids is 1. The van der Waals surface area contributed by atoms with Crippen LogP contribution < -0.4 is 16.8 Å². The van der Waals surface area contributed by atoms with Gasteiger partial charge in [-0.25, -0.2) is 4.79 Å². The van der Waals surface area contributed by atoms with Crippen molar-refractivity contribution < 1.29 is 19.4 Å². The van der Waals surface area contributed by atoms with E-state index in [-0.39, 0.29) is 11.5 Å². The molecule has 0 bridgehead atoms. The molecule has 0 spiro atoms. The minimum atomic E-state index is -0.994. The normalized spacial score (nSPS) is 31.6. The summed E-state index contributed by atoms with van der Waals surface area (Å²) in [6, 6.07) is -0.836. The first-order chi connectivity index (χ1) is 11.8. The number of nitrogens with two attached hydrogens (primary N) is 2. The molecule has 25 heavy (non-hydrogen) atoms. The Morgan fingerprint density at radius 1 is 1.48 bits per heavy atom. The molecule has 2 rings (SSSR count). The Labute approximate surface area is 149 Å². The van der Waals surface area contributed by atoms with Gasteiger partial charge in [0.1, 0.15) is 6.04 Å². The maximum Gasteiger partial charge on any atom is 0.407 e. The molecule has 2 aliphatic rings. The molecule has 2 aliphatic carbocycles. The molecule has 1 fully saturated rings. The monoisotopic (exact) mass is 353 g/mol. The number of fused-ring (bicyclic) bond motifs is 1. The number of allylic oxidation sites excluding steroid dienone is 2. The highest BCUT2D eigenvalue weighted by Crippen LogP contribution is 2.55. The maximum absolute atomic E-state index is 11.8. The summed E-state index contributed by atoms with van der Waals surface area (Å²) in [5.74, 6) is -0.292. The van der Waals surface area contributed by atoms with Crippen LogP contribution >= 0.6 is 0 Å². The zero-order valence-electron chi connectivity index (χ0n) is 15.0. The Hall–Kier alpha value is -1.60. The molecule has 1 saturated carbocycles. The third-order valence-corrected chi connectivity index (χ3v) is 5.60. The number of carboxylic acid groups (broad SMARTS) is 1. The van der Waals surface area contributed by atoms with Crippen molar-refractivity contribution in [3.63, 3.8) is 0 Å². The molecule has 7 heteroatoms. The van der Waals surface area contributed by atoms with E-state index >= 15 is 0 Å². The number of carbonyl (C=O) groups is 2. The van der Waals surface area contributed by atoms with Crippen molar-refractivity contribution in [1.29, 1.82) is 0 Å². The lowest BCUT2D eigenvalue weighted by Crippen LogP contribution is -2.31. The number of hydrogen-bond donors (Lipinski definition) is 4. The van der Waals surface area contributed by atoms with Crippen molar-refractivity contribution in [2.24, 2.45) is 23.3 Å². The zero-order chi connectivity index (χ0) is 18.4. The van der Waals surface area contributed by atoms with E-state index in [2.05, 4.69) is 18.3 Å². The van der Waals surface area contributed by atoms with Crippen LogP contribution in [0.2, 0.25) is 0 Å². The molecular weight excluding hydrogens is 322 g/mol. The quantitative estimate of drug-likeness (QED) is 0.389. The SMILES string of the molecule is C/C1=C/CC[C@H]2[C@@H](COC(=O)NCCCC[C@H](N)C(=O)O)[C@@]2(N)CC1. The summed E-state index contributed by atoms with van der Waals surface area (Å²) in [5.41, 5.74) is 13.1. The number of rotatable bonds is 8. The average Bonchev–Trinajstić information content (AvgIpc) is 3.11. The fourth-order valence-corrected chi connectivity index (χ4v) is 3.79. The van der Waals surface area contributed by atoms with E-state index in [0.29, 0.717) is 38.3 Å². The van der Waals surface area contributed by atoms with Crippen LogP contribution in [0.3, 0.4) is 0 Å². The first kappa shape index (κ1) is 19.7. The second kappa shape index (κ2) is 8.67.